The molecule has 8 nitrogen and oxygen atoms in total. The minimum absolute atomic E-state index is 0.0557. The van der Waals surface area contributed by atoms with Crippen molar-refractivity contribution in [1.82, 2.24) is 19.4 Å². The van der Waals surface area contributed by atoms with Crippen LogP contribution in [0.1, 0.15) is 62.0 Å². The molecule has 1 aliphatic heterocycles. The second kappa shape index (κ2) is 7.64. The first-order chi connectivity index (χ1) is 12.8. The van der Waals surface area contributed by atoms with Crippen molar-refractivity contribution in [3.8, 4) is 0 Å². The van der Waals surface area contributed by atoms with Crippen LogP contribution in [0.3, 0.4) is 0 Å². The van der Waals surface area contributed by atoms with E-state index in [0.717, 1.165) is 12.8 Å². The van der Waals surface area contributed by atoms with Gasteiger partial charge in [0.1, 0.15) is 0 Å². The molecule has 1 fully saturated rings. The Kier molecular flexibility index (Phi) is 5.46. The molecule has 3 rings (SSSR count). The molecule has 2 aromatic rings. The standard InChI is InChI=1S/C19H27N5O3/c1-4-7-24-16-15(17(25)22-19(24)27)13(10-14(21-16)11(2)3)18(26)23-8-5-12(20)6-9-23/h10-12H,4-9,20H2,1-3H3,(H,22,25,27). The fraction of sp³-hybridized carbons (Fsp3) is 0.579. The van der Waals surface area contributed by atoms with Crippen molar-refractivity contribution >= 4 is 16.9 Å². The van der Waals surface area contributed by atoms with Crippen LogP contribution in [0.5, 0.6) is 0 Å². The van der Waals surface area contributed by atoms with E-state index in [-0.39, 0.29) is 28.9 Å². The van der Waals surface area contributed by atoms with Crippen LogP contribution in [0.4, 0.5) is 0 Å². The number of piperidine rings is 1. The third kappa shape index (κ3) is 3.66. The number of aromatic nitrogens is 3. The zero-order valence-corrected chi connectivity index (χ0v) is 16.1. The van der Waals surface area contributed by atoms with Gasteiger partial charge in [-0.25, -0.2) is 9.78 Å². The first kappa shape index (κ1) is 19.3. The fourth-order valence-electron chi connectivity index (χ4n) is 3.46. The maximum Gasteiger partial charge on any atom is 0.329 e. The summed E-state index contributed by atoms with van der Waals surface area (Å²) in [5.74, 6) is -0.149. The van der Waals surface area contributed by atoms with E-state index in [4.69, 9.17) is 5.73 Å². The number of aryl methyl sites for hydroxylation is 1. The maximum absolute atomic E-state index is 13.2. The molecular weight excluding hydrogens is 346 g/mol. The molecule has 0 aromatic carbocycles. The van der Waals surface area contributed by atoms with Crippen molar-refractivity contribution in [3.63, 3.8) is 0 Å². The highest BCUT2D eigenvalue weighted by Crippen LogP contribution is 2.22. The van der Waals surface area contributed by atoms with Crippen LogP contribution >= 0.6 is 0 Å². The number of fused-ring (bicyclic) bond motifs is 1. The summed E-state index contributed by atoms with van der Waals surface area (Å²) in [4.78, 5) is 46.8. The molecule has 1 aliphatic rings. The minimum atomic E-state index is -0.567. The van der Waals surface area contributed by atoms with E-state index in [1.807, 2.05) is 20.8 Å². The Balaban J connectivity index is 2.24. The summed E-state index contributed by atoms with van der Waals surface area (Å²) in [5.41, 5.74) is 6.17. The zero-order chi connectivity index (χ0) is 19.7. The van der Waals surface area contributed by atoms with Gasteiger partial charge >= 0.3 is 5.69 Å². The van der Waals surface area contributed by atoms with E-state index in [1.54, 1.807) is 11.0 Å². The van der Waals surface area contributed by atoms with E-state index in [2.05, 4.69) is 9.97 Å². The van der Waals surface area contributed by atoms with Crippen molar-refractivity contribution in [2.24, 2.45) is 5.73 Å². The Labute approximate surface area is 157 Å². The number of carbonyl (C=O) groups is 1. The van der Waals surface area contributed by atoms with E-state index < -0.39 is 11.2 Å². The number of carbonyl (C=O) groups excluding carboxylic acids is 1. The average molecular weight is 373 g/mol. The van der Waals surface area contributed by atoms with Crippen molar-refractivity contribution in [2.45, 2.75) is 58.5 Å². The first-order valence-electron chi connectivity index (χ1n) is 9.56. The lowest BCUT2D eigenvalue weighted by Gasteiger charge is -2.30. The Bertz CT molecular complexity index is 968. The molecular formula is C19H27N5O3. The van der Waals surface area contributed by atoms with Gasteiger partial charge in [-0.15, -0.1) is 0 Å². The molecule has 0 saturated carbocycles. The van der Waals surface area contributed by atoms with Crippen LogP contribution in [0.2, 0.25) is 0 Å². The van der Waals surface area contributed by atoms with Crippen molar-refractivity contribution in [3.05, 3.63) is 38.2 Å². The molecule has 0 bridgehead atoms. The molecule has 0 spiro atoms. The molecule has 0 unspecified atom stereocenters. The highest BCUT2D eigenvalue weighted by atomic mass is 16.2. The Morgan fingerprint density at radius 2 is 2.00 bits per heavy atom. The van der Waals surface area contributed by atoms with Crippen LogP contribution in [-0.2, 0) is 6.54 Å². The van der Waals surface area contributed by atoms with Crippen LogP contribution < -0.4 is 17.0 Å². The lowest BCUT2D eigenvalue weighted by Crippen LogP contribution is -2.43. The van der Waals surface area contributed by atoms with Crippen molar-refractivity contribution < 1.29 is 4.79 Å². The number of rotatable bonds is 4. The fourth-order valence-corrected chi connectivity index (χ4v) is 3.46. The van der Waals surface area contributed by atoms with Crippen molar-refractivity contribution in [2.75, 3.05) is 13.1 Å². The van der Waals surface area contributed by atoms with E-state index in [1.165, 1.54) is 4.57 Å². The first-order valence-corrected chi connectivity index (χ1v) is 9.56. The highest BCUT2D eigenvalue weighted by Gasteiger charge is 2.26. The average Bonchev–Trinajstić information content (AvgIpc) is 2.64. The van der Waals surface area contributed by atoms with E-state index >= 15 is 0 Å². The number of nitrogens with two attached hydrogens (primary N) is 1. The monoisotopic (exact) mass is 373 g/mol. The molecule has 0 aliphatic carbocycles. The SMILES string of the molecule is CCCn1c(=O)[nH]c(=O)c2c(C(=O)N3CCC(N)CC3)cc(C(C)C)nc21. The second-order valence-corrected chi connectivity index (χ2v) is 7.49. The van der Waals surface area contributed by atoms with E-state index in [0.29, 0.717) is 37.3 Å². The molecule has 146 valence electrons. The van der Waals surface area contributed by atoms with Gasteiger partial charge in [0.25, 0.3) is 11.5 Å². The van der Waals surface area contributed by atoms with Gasteiger partial charge in [-0.2, -0.15) is 0 Å². The topological polar surface area (TPSA) is 114 Å². The molecule has 0 atom stereocenters. The summed E-state index contributed by atoms with van der Waals surface area (Å²) in [6, 6.07) is 1.80. The number of hydrogen-bond acceptors (Lipinski definition) is 5. The molecule has 8 heteroatoms. The summed E-state index contributed by atoms with van der Waals surface area (Å²) in [7, 11) is 0. The lowest BCUT2D eigenvalue weighted by atomic mass is 10.0. The third-order valence-electron chi connectivity index (χ3n) is 5.06. The highest BCUT2D eigenvalue weighted by molar-refractivity contribution is 6.05. The maximum atomic E-state index is 13.2. The Morgan fingerprint density at radius 1 is 1.33 bits per heavy atom. The van der Waals surface area contributed by atoms with Gasteiger partial charge in [-0.3, -0.25) is 19.1 Å². The molecule has 27 heavy (non-hydrogen) atoms. The summed E-state index contributed by atoms with van der Waals surface area (Å²) in [6.45, 7) is 7.43. The van der Waals surface area contributed by atoms with Gasteiger partial charge in [-0.1, -0.05) is 20.8 Å². The lowest BCUT2D eigenvalue weighted by molar-refractivity contribution is 0.0716. The number of pyridine rings is 1. The number of nitrogens with one attached hydrogen (secondary N) is 1. The van der Waals surface area contributed by atoms with Gasteiger partial charge in [-0.05, 0) is 31.2 Å². The summed E-state index contributed by atoms with van der Waals surface area (Å²) < 4.78 is 1.45. The molecule has 1 amide bonds. The van der Waals surface area contributed by atoms with Gasteiger partial charge in [0.05, 0.1) is 10.9 Å². The minimum Gasteiger partial charge on any atom is -0.339 e. The largest absolute Gasteiger partial charge is 0.339 e. The van der Waals surface area contributed by atoms with Crippen molar-refractivity contribution in [1.29, 1.82) is 0 Å². The van der Waals surface area contributed by atoms with Crippen LogP contribution in [0, 0.1) is 0 Å². The van der Waals surface area contributed by atoms with Crippen LogP contribution in [0.25, 0.3) is 11.0 Å². The van der Waals surface area contributed by atoms with Crippen LogP contribution in [0.15, 0.2) is 15.7 Å². The third-order valence-corrected chi connectivity index (χ3v) is 5.06. The molecule has 1 saturated heterocycles. The summed E-state index contributed by atoms with van der Waals surface area (Å²) in [5, 5.41) is 0.187. The van der Waals surface area contributed by atoms with Crippen LogP contribution in [-0.4, -0.2) is 44.5 Å². The number of likely N-dealkylation sites (tertiary alicyclic amines) is 1. The zero-order valence-electron chi connectivity index (χ0n) is 16.1. The number of hydrogen-bond donors (Lipinski definition) is 2. The van der Waals surface area contributed by atoms with E-state index in [9.17, 15) is 14.4 Å². The van der Waals surface area contributed by atoms with Gasteiger partial charge < -0.3 is 10.6 Å². The molecule has 3 N–H and O–H groups in total. The molecule has 2 aromatic heterocycles. The Morgan fingerprint density at radius 3 is 2.59 bits per heavy atom. The quantitative estimate of drug-likeness (QED) is 0.835. The summed E-state index contributed by atoms with van der Waals surface area (Å²) in [6.07, 6.45) is 2.19. The second-order valence-electron chi connectivity index (χ2n) is 7.49. The number of amides is 1. The van der Waals surface area contributed by atoms with Gasteiger partial charge in [0.2, 0.25) is 0 Å². The number of H-pyrrole nitrogens is 1. The van der Waals surface area contributed by atoms with Gasteiger partial charge in [0, 0.05) is 31.4 Å². The molecule has 0 radical (unpaired) electrons. The predicted molar refractivity (Wildman–Crippen MR) is 104 cm³/mol. The predicted octanol–water partition coefficient (Wildman–Crippen LogP) is 1.18. The summed E-state index contributed by atoms with van der Waals surface area (Å²) >= 11 is 0. The normalized spacial score (nSPS) is 15.7. The number of nitrogens with zero attached hydrogens (tertiary/aromatic N) is 3. The smallest absolute Gasteiger partial charge is 0.329 e. The van der Waals surface area contributed by atoms with Gasteiger partial charge in [0.15, 0.2) is 5.65 Å². The Hall–Kier alpha value is -2.48. The molecule has 3 heterocycles. The number of aromatic amines is 1.